The third-order valence-corrected chi connectivity index (χ3v) is 3.34. The molecule has 2 rings (SSSR count). The van der Waals surface area contributed by atoms with Gasteiger partial charge in [-0.25, -0.2) is 0 Å². The van der Waals surface area contributed by atoms with Gasteiger partial charge in [-0.1, -0.05) is 18.2 Å². The van der Waals surface area contributed by atoms with Gasteiger partial charge >= 0.3 is 0 Å². The van der Waals surface area contributed by atoms with Crippen LogP contribution >= 0.6 is 0 Å². The van der Waals surface area contributed by atoms with Crippen molar-refractivity contribution in [3.8, 4) is 17.2 Å². The van der Waals surface area contributed by atoms with Gasteiger partial charge in [0.15, 0.2) is 0 Å². The number of methoxy groups -OCH3 is 1. The Bertz CT molecular complexity index is 673. The number of para-hydroxylation sites is 1. The highest BCUT2D eigenvalue weighted by molar-refractivity contribution is 5.96. The van der Waals surface area contributed by atoms with Crippen LogP contribution in [0.1, 0.15) is 15.9 Å². The average molecular weight is 316 g/mol. The molecule has 0 saturated carbocycles. The minimum absolute atomic E-state index is 0.0406. The Hall–Kier alpha value is -2.73. The Balaban J connectivity index is 1.74. The van der Waals surface area contributed by atoms with Crippen LogP contribution in [0.2, 0.25) is 0 Å². The lowest BCUT2D eigenvalue weighted by molar-refractivity contribution is 0.0951. The van der Waals surface area contributed by atoms with E-state index in [0.717, 1.165) is 5.56 Å². The molecule has 2 aromatic rings. The van der Waals surface area contributed by atoms with E-state index in [1.54, 1.807) is 43.5 Å². The van der Waals surface area contributed by atoms with E-state index in [0.29, 0.717) is 25.4 Å². The molecular formula is C17H20N2O4. The average Bonchev–Trinajstić information content (AvgIpc) is 2.56. The van der Waals surface area contributed by atoms with Gasteiger partial charge in [-0.3, -0.25) is 4.79 Å². The molecule has 23 heavy (non-hydrogen) atoms. The van der Waals surface area contributed by atoms with Crippen molar-refractivity contribution in [3.63, 3.8) is 0 Å². The fraction of sp³-hybridized carbons (Fsp3) is 0.235. The second kappa shape index (κ2) is 8.05. The van der Waals surface area contributed by atoms with Crippen LogP contribution in [0.15, 0.2) is 42.5 Å². The van der Waals surface area contributed by atoms with Gasteiger partial charge in [-0.05, 0) is 18.2 Å². The molecule has 122 valence electrons. The summed E-state index contributed by atoms with van der Waals surface area (Å²) in [6.07, 6.45) is 0. The Kier molecular flexibility index (Phi) is 5.82. The highest BCUT2D eigenvalue weighted by Crippen LogP contribution is 2.22. The van der Waals surface area contributed by atoms with E-state index < -0.39 is 0 Å². The van der Waals surface area contributed by atoms with Gasteiger partial charge in [-0.2, -0.15) is 0 Å². The molecule has 0 radical (unpaired) electrons. The molecule has 2 aromatic carbocycles. The summed E-state index contributed by atoms with van der Waals surface area (Å²) in [5, 5.41) is 25.3. The molecule has 6 heteroatoms. The molecule has 0 aromatic heterocycles. The Morgan fingerprint density at radius 2 is 1.87 bits per heavy atom. The standard InChI is InChI=1S/C17H20N2O4/c1-23-13-7-6-12(16(21)10-13)11-18-8-9-19-17(22)14-4-2-3-5-15(14)20/h2-7,10,18,20-21H,8-9,11H2,1H3,(H,19,22). The smallest absolute Gasteiger partial charge is 0.255 e. The summed E-state index contributed by atoms with van der Waals surface area (Å²) in [6, 6.07) is 11.5. The van der Waals surface area contributed by atoms with Crippen molar-refractivity contribution in [2.75, 3.05) is 20.2 Å². The highest BCUT2D eigenvalue weighted by Gasteiger charge is 2.09. The number of rotatable bonds is 7. The number of carbonyl (C=O) groups excluding carboxylic acids is 1. The Labute approximate surface area is 134 Å². The van der Waals surface area contributed by atoms with Crippen molar-refractivity contribution in [2.24, 2.45) is 0 Å². The molecule has 0 aliphatic rings. The maximum atomic E-state index is 11.9. The van der Waals surface area contributed by atoms with Crippen LogP contribution in [0.4, 0.5) is 0 Å². The number of benzene rings is 2. The number of nitrogens with one attached hydrogen (secondary N) is 2. The summed E-state index contributed by atoms with van der Waals surface area (Å²) in [6.45, 7) is 1.41. The van der Waals surface area contributed by atoms with Gasteiger partial charge < -0.3 is 25.6 Å². The van der Waals surface area contributed by atoms with Crippen molar-refractivity contribution in [1.82, 2.24) is 10.6 Å². The summed E-state index contributed by atoms with van der Waals surface area (Å²) in [5.74, 6) is 0.398. The van der Waals surface area contributed by atoms with Crippen LogP contribution in [0.3, 0.4) is 0 Å². The van der Waals surface area contributed by atoms with E-state index in [4.69, 9.17) is 4.74 Å². The third kappa shape index (κ3) is 4.62. The molecular weight excluding hydrogens is 296 g/mol. The number of hydrogen-bond acceptors (Lipinski definition) is 5. The predicted octanol–water partition coefficient (Wildman–Crippen LogP) is 1.63. The maximum Gasteiger partial charge on any atom is 0.255 e. The minimum atomic E-state index is -0.322. The first-order chi connectivity index (χ1) is 11.1. The van der Waals surface area contributed by atoms with Crippen LogP contribution in [0, 0.1) is 0 Å². The highest BCUT2D eigenvalue weighted by atomic mass is 16.5. The van der Waals surface area contributed by atoms with E-state index in [1.807, 2.05) is 0 Å². The number of carbonyl (C=O) groups is 1. The van der Waals surface area contributed by atoms with E-state index in [1.165, 1.54) is 6.07 Å². The first kappa shape index (κ1) is 16.6. The van der Waals surface area contributed by atoms with Crippen LogP contribution in [-0.4, -0.2) is 36.3 Å². The van der Waals surface area contributed by atoms with Gasteiger partial charge in [0, 0.05) is 31.3 Å². The largest absolute Gasteiger partial charge is 0.507 e. The summed E-state index contributed by atoms with van der Waals surface area (Å²) in [4.78, 5) is 11.9. The normalized spacial score (nSPS) is 10.3. The van der Waals surface area contributed by atoms with Crippen molar-refractivity contribution >= 4 is 5.91 Å². The quantitative estimate of drug-likeness (QED) is 0.583. The second-order valence-electron chi connectivity index (χ2n) is 4.94. The molecule has 0 aliphatic heterocycles. The van der Waals surface area contributed by atoms with Gasteiger partial charge in [0.05, 0.1) is 12.7 Å². The number of amides is 1. The number of aromatic hydroxyl groups is 2. The lowest BCUT2D eigenvalue weighted by atomic mass is 10.2. The molecule has 1 amide bonds. The number of phenolic OH excluding ortho intramolecular Hbond substituents is 2. The zero-order valence-electron chi connectivity index (χ0n) is 12.9. The first-order valence-electron chi connectivity index (χ1n) is 7.24. The Morgan fingerprint density at radius 3 is 2.57 bits per heavy atom. The number of hydrogen-bond donors (Lipinski definition) is 4. The Morgan fingerprint density at radius 1 is 1.09 bits per heavy atom. The fourth-order valence-corrected chi connectivity index (χ4v) is 2.07. The number of phenols is 2. The van der Waals surface area contributed by atoms with E-state index >= 15 is 0 Å². The zero-order valence-corrected chi connectivity index (χ0v) is 12.9. The first-order valence-corrected chi connectivity index (χ1v) is 7.24. The summed E-state index contributed by atoms with van der Waals surface area (Å²) in [5.41, 5.74) is 0.998. The molecule has 0 atom stereocenters. The van der Waals surface area contributed by atoms with Gasteiger partial charge in [0.25, 0.3) is 5.91 Å². The summed E-state index contributed by atoms with van der Waals surface area (Å²) < 4.78 is 5.02. The fourth-order valence-electron chi connectivity index (χ4n) is 2.07. The van der Waals surface area contributed by atoms with E-state index in [9.17, 15) is 15.0 Å². The monoisotopic (exact) mass is 316 g/mol. The molecule has 6 nitrogen and oxygen atoms in total. The third-order valence-electron chi connectivity index (χ3n) is 3.34. The predicted molar refractivity (Wildman–Crippen MR) is 86.8 cm³/mol. The molecule has 0 saturated heterocycles. The molecule has 0 unspecified atom stereocenters. The summed E-state index contributed by atoms with van der Waals surface area (Å²) in [7, 11) is 1.54. The lowest BCUT2D eigenvalue weighted by Gasteiger charge is -2.09. The number of ether oxygens (including phenoxy) is 1. The molecule has 0 bridgehead atoms. The van der Waals surface area contributed by atoms with Crippen LogP contribution < -0.4 is 15.4 Å². The van der Waals surface area contributed by atoms with Crippen LogP contribution in [0.5, 0.6) is 17.2 Å². The van der Waals surface area contributed by atoms with Gasteiger partial charge in [-0.15, -0.1) is 0 Å². The summed E-state index contributed by atoms with van der Waals surface area (Å²) >= 11 is 0. The van der Waals surface area contributed by atoms with Gasteiger partial charge in [0.1, 0.15) is 17.2 Å². The van der Waals surface area contributed by atoms with E-state index in [2.05, 4.69) is 10.6 Å². The zero-order chi connectivity index (χ0) is 16.7. The van der Waals surface area contributed by atoms with Gasteiger partial charge in [0.2, 0.25) is 0 Å². The van der Waals surface area contributed by atoms with Crippen molar-refractivity contribution in [3.05, 3.63) is 53.6 Å². The molecule has 0 spiro atoms. The van der Waals surface area contributed by atoms with E-state index in [-0.39, 0.29) is 23.0 Å². The lowest BCUT2D eigenvalue weighted by Crippen LogP contribution is -2.31. The van der Waals surface area contributed by atoms with Crippen molar-refractivity contribution < 1.29 is 19.7 Å². The van der Waals surface area contributed by atoms with Crippen molar-refractivity contribution in [1.29, 1.82) is 0 Å². The molecule has 0 aliphatic carbocycles. The molecule has 0 heterocycles. The van der Waals surface area contributed by atoms with Crippen molar-refractivity contribution in [2.45, 2.75) is 6.54 Å². The minimum Gasteiger partial charge on any atom is -0.507 e. The second-order valence-corrected chi connectivity index (χ2v) is 4.94. The maximum absolute atomic E-state index is 11.9. The van der Waals surface area contributed by atoms with Crippen LogP contribution in [0.25, 0.3) is 0 Å². The van der Waals surface area contributed by atoms with Crippen LogP contribution in [-0.2, 0) is 6.54 Å². The SMILES string of the molecule is COc1ccc(CNCCNC(=O)c2ccccc2O)c(O)c1. The molecule has 0 fully saturated rings. The molecule has 4 N–H and O–H groups in total. The topological polar surface area (TPSA) is 90.8 Å².